The molecule has 0 radical (unpaired) electrons. The van der Waals surface area contributed by atoms with Gasteiger partial charge in [0.05, 0.1) is 10.5 Å². The largest absolute Gasteiger partial charge is 0.356 e. The topological polar surface area (TPSA) is 82.5 Å². The lowest BCUT2D eigenvalue weighted by molar-refractivity contribution is -0.384. The minimum atomic E-state index is -0.496. The van der Waals surface area contributed by atoms with E-state index in [0.29, 0.717) is 12.1 Å². The van der Waals surface area contributed by atoms with Crippen LogP contribution >= 0.6 is 0 Å². The molecule has 0 unspecified atom stereocenters. The molecule has 0 saturated heterocycles. The van der Waals surface area contributed by atoms with Crippen molar-refractivity contribution in [3.05, 3.63) is 111 Å². The minimum Gasteiger partial charge on any atom is -0.356 e. The summed E-state index contributed by atoms with van der Waals surface area (Å²) in [5, 5.41) is 12.7. The molecule has 1 saturated carbocycles. The van der Waals surface area contributed by atoms with Gasteiger partial charge in [0.25, 0.3) is 11.6 Å². The Bertz CT molecular complexity index is 1530. The Labute approximate surface area is 228 Å². The van der Waals surface area contributed by atoms with Crippen LogP contribution in [-0.4, -0.2) is 51.8 Å². The number of hydrogen-bond donors (Lipinski definition) is 1. The molecular weight excluding hydrogens is 488 g/mol. The fourth-order valence-corrected chi connectivity index (χ4v) is 7.04. The van der Waals surface area contributed by atoms with Gasteiger partial charge in [-0.2, -0.15) is 0 Å². The maximum atomic E-state index is 14.1. The summed E-state index contributed by atoms with van der Waals surface area (Å²) in [7, 11) is 4.34. The van der Waals surface area contributed by atoms with Crippen molar-refractivity contribution in [1.29, 1.82) is 0 Å². The Morgan fingerprint density at radius 2 is 1.69 bits per heavy atom. The number of nitrogens with zero attached hydrogens (tertiary/aromatic N) is 3. The number of amides is 1. The zero-order valence-electron chi connectivity index (χ0n) is 22.5. The van der Waals surface area contributed by atoms with Gasteiger partial charge < -0.3 is 14.8 Å². The zero-order chi connectivity index (χ0) is 27.2. The molecule has 2 heterocycles. The predicted octanol–water partition coefficient (Wildman–Crippen LogP) is 6.09. The molecule has 4 aromatic rings. The lowest BCUT2D eigenvalue weighted by Crippen LogP contribution is -2.59. The van der Waals surface area contributed by atoms with Gasteiger partial charge in [-0.3, -0.25) is 14.9 Å². The number of aromatic amines is 1. The van der Waals surface area contributed by atoms with E-state index >= 15 is 0 Å². The summed E-state index contributed by atoms with van der Waals surface area (Å²) < 4.78 is 0. The predicted molar refractivity (Wildman–Crippen MR) is 153 cm³/mol. The number of benzene rings is 3. The standard InChI is InChI=1S/C32H34N4O3/c1-34(2)31(22-23-9-4-3-5-10-23)16-18-32(19-17-31)29-27(26-13-6-7-14-28(26)33-29)15-20-35(32)30(37)24-11-8-12-25(21-24)36(38)39/h3-14,21,33H,15-20,22H2,1-2H3. The number of nitro benzene ring substituents is 1. The Morgan fingerprint density at radius 1 is 0.974 bits per heavy atom. The molecule has 1 fully saturated rings. The van der Waals surface area contributed by atoms with Gasteiger partial charge in [0.1, 0.15) is 0 Å². The Hall–Kier alpha value is -3.97. The molecule has 0 atom stereocenters. The van der Waals surface area contributed by atoms with Crippen LogP contribution in [0.25, 0.3) is 10.9 Å². The van der Waals surface area contributed by atoms with E-state index < -0.39 is 10.5 Å². The lowest BCUT2D eigenvalue weighted by Gasteiger charge is -2.55. The van der Waals surface area contributed by atoms with Gasteiger partial charge in [-0.05, 0) is 75.9 Å². The summed E-state index contributed by atoms with van der Waals surface area (Å²) >= 11 is 0. The number of hydrogen-bond acceptors (Lipinski definition) is 4. The van der Waals surface area contributed by atoms with Gasteiger partial charge in [0.15, 0.2) is 0 Å². The van der Waals surface area contributed by atoms with Crippen LogP contribution in [0.2, 0.25) is 0 Å². The van der Waals surface area contributed by atoms with Crippen LogP contribution in [0.3, 0.4) is 0 Å². The molecule has 0 bridgehead atoms. The fourth-order valence-electron chi connectivity index (χ4n) is 7.04. The third-order valence-electron chi connectivity index (χ3n) is 9.26. The van der Waals surface area contributed by atoms with Crippen molar-refractivity contribution in [1.82, 2.24) is 14.8 Å². The lowest BCUT2D eigenvalue weighted by atomic mass is 9.65. The van der Waals surface area contributed by atoms with E-state index in [1.165, 1.54) is 28.6 Å². The van der Waals surface area contributed by atoms with E-state index in [-0.39, 0.29) is 17.1 Å². The van der Waals surface area contributed by atoms with Crippen LogP contribution in [-0.2, 0) is 18.4 Å². The van der Waals surface area contributed by atoms with Gasteiger partial charge in [-0.1, -0.05) is 54.6 Å². The van der Waals surface area contributed by atoms with Crippen LogP contribution in [0.5, 0.6) is 0 Å². The highest BCUT2D eigenvalue weighted by molar-refractivity contribution is 5.96. The van der Waals surface area contributed by atoms with Gasteiger partial charge in [0, 0.05) is 46.4 Å². The zero-order valence-corrected chi connectivity index (χ0v) is 22.5. The van der Waals surface area contributed by atoms with Crippen molar-refractivity contribution in [3.8, 4) is 0 Å². The van der Waals surface area contributed by atoms with E-state index in [0.717, 1.165) is 49.7 Å². The van der Waals surface area contributed by atoms with Crippen molar-refractivity contribution in [2.45, 2.75) is 49.6 Å². The molecule has 1 N–H and O–H groups in total. The second kappa shape index (κ2) is 9.65. The first-order valence-electron chi connectivity index (χ1n) is 13.7. The highest BCUT2D eigenvalue weighted by Gasteiger charge is 2.52. The highest BCUT2D eigenvalue weighted by atomic mass is 16.6. The number of nitro groups is 1. The Balaban J connectivity index is 1.42. The molecule has 3 aromatic carbocycles. The smallest absolute Gasteiger partial charge is 0.270 e. The number of H-pyrrole nitrogens is 1. The molecule has 1 amide bonds. The minimum absolute atomic E-state index is 0.0174. The quantitative estimate of drug-likeness (QED) is 0.254. The average Bonchev–Trinajstić information content (AvgIpc) is 3.35. The first-order valence-corrected chi connectivity index (χ1v) is 13.7. The maximum Gasteiger partial charge on any atom is 0.270 e. The van der Waals surface area contributed by atoms with Crippen LogP contribution in [0.4, 0.5) is 5.69 Å². The molecule has 200 valence electrons. The number of carbonyl (C=O) groups excluding carboxylic acids is 1. The Morgan fingerprint density at radius 3 is 2.41 bits per heavy atom. The fraction of sp³-hybridized carbons (Fsp3) is 0.344. The van der Waals surface area contributed by atoms with Crippen molar-refractivity contribution >= 4 is 22.5 Å². The Kier molecular flexibility index (Phi) is 6.26. The van der Waals surface area contributed by atoms with Gasteiger partial charge in [-0.25, -0.2) is 0 Å². The number of nitrogens with one attached hydrogen (secondary N) is 1. The van der Waals surface area contributed by atoms with E-state index in [4.69, 9.17) is 0 Å². The third kappa shape index (κ3) is 4.21. The number of rotatable bonds is 5. The molecule has 2 aliphatic rings. The normalized spacial score (nSPS) is 22.8. The summed E-state index contributed by atoms with van der Waals surface area (Å²) in [6, 6.07) is 25.2. The first kappa shape index (κ1) is 25.3. The third-order valence-corrected chi connectivity index (χ3v) is 9.26. The second-order valence-corrected chi connectivity index (χ2v) is 11.4. The van der Waals surface area contributed by atoms with Crippen LogP contribution in [0.1, 0.15) is 52.9 Å². The molecular formula is C32H34N4O3. The van der Waals surface area contributed by atoms with E-state index in [2.05, 4.69) is 72.5 Å². The number of non-ortho nitro benzene ring substituents is 1. The molecule has 6 rings (SSSR count). The van der Waals surface area contributed by atoms with Crippen LogP contribution < -0.4 is 0 Å². The maximum absolute atomic E-state index is 14.1. The summed E-state index contributed by atoms with van der Waals surface area (Å²) in [6.07, 6.45) is 5.21. The van der Waals surface area contributed by atoms with E-state index in [9.17, 15) is 14.9 Å². The molecule has 1 aliphatic heterocycles. The molecule has 7 nitrogen and oxygen atoms in total. The van der Waals surface area contributed by atoms with E-state index in [1.807, 2.05) is 11.0 Å². The highest BCUT2D eigenvalue weighted by Crippen LogP contribution is 2.52. The number of likely N-dealkylation sites (N-methyl/N-ethyl adjacent to an activating group) is 1. The van der Waals surface area contributed by atoms with Crippen molar-refractivity contribution in [2.75, 3.05) is 20.6 Å². The van der Waals surface area contributed by atoms with Crippen LogP contribution in [0.15, 0.2) is 78.9 Å². The average molecular weight is 523 g/mol. The van der Waals surface area contributed by atoms with Crippen LogP contribution in [0, 0.1) is 10.1 Å². The summed E-state index contributed by atoms with van der Waals surface area (Å²) in [5.74, 6) is -0.136. The summed E-state index contributed by atoms with van der Waals surface area (Å²) in [5.41, 5.74) is 4.66. The number of para-hydroxylation sites is 1. The van der Waals surface area contributed by atoms with E-state index in [1.54, 1.807) is 12.1 Å². The first-order chi connectivity index (χ1) is 18.8. The monoisotopic (exact) mass is 522 g/mol. The summed E-state index contributed by atoms with van der Waals surface area (Å²) in [4.78, 5) is 33.3. The van der Waals surface area contributed by atoms with Gasteiger partial charge in [-0.15, -0.1) is 0 Å². The van der Waals surface area contributed by atoms with Crippen molar-refractivity contribution < 1.29 is 9.72 Å². The molecule has 39 heavy (non-hydrogen) atoms. The second-order valence-electron chi connectivity index (χ2n) is 11.4. The number of fused-ring (bicyclic) bond motifs is 4. The molecule has 1 spiro atoms. The van der Waals surface area contributed by atoms with Gasteiger partial charge in [0.2, 0.25) is 0 Å². The van der Waals surface area contributed by atoms with Crippen molar-refractivity contribution in [3.63, 3.8) is 0 Å². The summed E-state index contributed by atoms with van der Waals surface area (Å²) in [6.45, 7) is 0.587. The van der Waals surface area contributed by atoms with Gasteiger partial charge >= 0.3 is 0 Å². The molecule has 7 heteroatoms. The number of carbonyl (C=O) groups is 1. The number of aromatic nitrogens is 1. The molecule has 1 aliphatic carbocycles. The molecule has 1 aromatic heterocycles. The van der Waals surface area contributed by atoms with Crippen molar-refractivity contribution in [2.24, 2.45) is 0 Å². The SMILES string of the molecule is CN(C)C1(Cc2ccccc2)CCC2(CC1)c1[nH]c3ccccc3c1CCN2C(=O)c1cccc([N+](=O)[O-])c1.